The molecule has 0 saturated carbocycles. The predicted molar refractivity (Wildman–Crippen MR) is 76.3 cm³/mol. The molecule has 0 radical (unpaired) electrons. The molecule has 3 heterocycles. The summed E-state index contributed by atoms with van der Waals surface area (Å²) in [7, 11) is 3.32. The van der Waals surface area contributed by atoms with Crippen LogP contribution < -0.4 is 10.1 Å². The zero-order chi connectivity index (χ0) is 14.7. The molecule has 0 saturated heterocycles. The molecule has 0 spiro atoms. The molecule has 1 N–H and O–H groups in total. The molecule has 0 aliphatic carbocycles. The lowest BCUT2D eigenvalue weighted by atomic mass is 10.3. The van der Waals surface area contributed by atoms with Gasteiger partial charge in [0.15, 0.2) is 5.82 Å². The van der Waals surface area contributed by atoms with Crippen LogP contribution in [0.15, 0.2) is 36.8 Å². The number of ether oxygens (including phenoxy) is 1. The molecule has 21 heavy (non-hydrogen) atoms. The Balaban J connectivity index is 2.16. The van der Waals surface area contributed by atoms with Crippen molar-refractivity contribution in [2.75, 3.05) is 19.5 Å². The van der Waals surface area contributed by atoms with Crippen LogP contribution in [0.4, 0.5) is 5.95 Å². The van der Waals surface area contributed by atoms with E-state index >= 15 is 0 Å². The summed E-state index contributed by atoms with van der Waals surface area (Å²) < 4.78 is 6.86. The van der Waals surface area contributed by atoms with Crippen LogP contribution in [-0.2, 0) is 0 Å². The molecule has 106 valence electrons. The van der Waals surface area contributed by atoms with E-state index in [2.05, 4.69) is 30.4 Å². The zero-order valence-corrected chi connectivity index (χ0v) is 11.6. The number of methoxy groups -OCH3 is 1. The Kier molecular flexibility index (Phi) is 3.42. The highest BCUT2D eigenvalue weighted by Crippen LogP contribution is 2.25. The maximum Gasteiger partial charge on any atom is 0.255 e. The van der Waals surface area contributed by atoms with Gasteiger partial charge in [-0.25, -0.2) is 9.67 Å². The molecule has 0 aromatic carbocycles. The molecule has 0 fully saturated rings. The van der Waals surface area contributed by atoms with Crippen LogP contribution in [0, 0.1) is 0 Å². The number of aromatic nitrogens is 6. The van der Waals surface area contributed by atoms with Crippen molar-refractivity contribution in [3.63, 3.8) is 0 Å². The van der Waals surface area contributed by atoms with Gasteiger partial charge in [0.2, 0.25) is 5.95 Å². The summed E-state index contributed by atoms with van der Waals surface area (Å²) in [4.78, 5) is 17.3. The van der Waals surface area contributed by atoms with Crippen molar-refractivity contribution in [2.24, 2.45) is 0 Å². The van der Waals surface area contributed by atoms with Crippen molar-refractivity contribution in [3.05, 3.63) is 36.8 Å². The third-order valence-corrected chi connectivity index (χ3v) is 2.76. The second-order valence-corrected chi connectivity index (χ2v) is 4.04. The third-order valence-electron chi connectivity index (χ3n) is 2.76. The maximum atomic E-state index is 5.30. The number of hydrogen-bond donors (Lipinski definition) is 1. The van der Waals surface area contributed by atoms with Gasteiger partial charge in [0.05, 0.1) is 7.11 Å². The van der Waals surface area contributed by atoms with Crippen LogP contribution in [-0.4, -0.2) is 43.9 Å². The summed E-state index contributed by atoms with van der Waals surface area (Å²) in [5.74, 6) is 1.84. The lowest BCUT2D eigenvalue weighted by Crippen LogP contribution is -2.09. The molecular formula is C13H13N7O. The first-order valence-electron chi connectivity index (χ1n) is 6.25. The molecule has 0 atom stereocenters. The van der Waals surface area contributed by atoms with Gasteiger partial charge in [-0.05, 0) is 18.2 Å². The molecule has 3 aromatic rings. The Bertz CT molecular complexity index is 742. The van der Waals surface area contributed by atoms with Gasteiger partial charge >= 0.3 is 0 Å². The van der Waals surface area contributed by atoms with Gasteiger partial charge in [-0.1, -0.05) is 0 Å². The van der Waals surface area contributed by atoms with Crippen LogP contribution in [0.1, 0.15) is 0 Å². The van der Waals surface area contributed by atoms with E-state index in [9.17, 15) is 0 Å². The van der Waals surface area contributed by atoms with E-state index in [4.69, 9.17) is 4.74 Å². The van der Waals surface area contributed by atoms with Crippen LogP contribution in [0.2, 0.25) is 0 Å². The van der Waals surface area contributed by atoms with Crippen molar-refractivity contribution >= 4 is 5.95 Å². The summed E-state index contributed by atoms with van der Waals surface area (Å²) in [5, 5.41) is 7.03. The summed E-state index contributed by atoms with van der Waals surface area (Å²) in [6.45, 7) is 0. The Labute approximate surface area is 120 Å². The number of nitrogens with one attached hydrogen (secondary N) is 1. The van der Waals surface area contributed by atoms with Gasteiger partial charge in [0, 0.05) is 25.6 Å². The maximum absolute atomic E-state index is 5.30. The van der Waals surface area contributed by atoms with Crippen molar-refractivity contribution < 1.29 is 4.74 Å². The summed E-state index contributed by atoms with van der Waals surface area (Å²) in [5.41, 5.74) is 0.548. The average Bonchev–Trinajstić information content (AvgIpc) is 3.09. The quantitative estimate of drug-likeness (QED) is 0.768. The fraction of sp³-hybridized carbons (Fsp3) is 0.154. The summed E-state index contributed by atoms with van der Waals surface area (Å²) >= 11 is 0. The van der Waals surface area contributed by atoms with Gasteiger partial charge in [0.25, 0.3) is 5.95 Å². The molecule has 0 bridgehead atoms. The monoisotopic (exact) mass is 283 g/mol. The topological polar surface area (TPSA) is 90.6 Å². The Hall–Kier alpha value is -3.03. The van der Waals surface area contributed by atoms with Crippen molar-refractivity contribution in [2.45, 2.75) is 0 Å². The number of anilines is 1. The van der Waals surface area contributed by atoms with Gasteiger partial charge in [-0.3, -0.25) is 0 Å². The highest BCUT2D eigenvalue weighted by Gasteiger charge is 2.14. The number of rotatable bonds is 4. The Morgan fingerprint density at radius 3 is 2.76 bits per heavy atom. The highest BCUT2D eigenvalue weighted by atomic mass is 16.5. The minimum Gasteiger partial charge on any atom is -0.494 e. The SMILES string of the molecule is CNc1nc(-c2ncccc2OC)nc(-n2cccn2)n1. The molecule has 0 amide bonds. The molecule has 8 heteroatoms. The minimum atomic E-state index is 0.405. The van der Waals surface area contributed by atoms with Crippen molar-refractivity contribution in [1.29, 1.82) is 0 Å². The molecule has 0 aliphatic heterocycles. The Morgan fingerprint density at radius 1 is 1.14 bits per heavy atom. The van der Waals surface area contributed by atoms with Crippen LogP contribution >= 0.6 is 0 Å². The average molecular weight is 283 g/mol. The van der Waals surface area contributed by atoms with Crippen molar-refractivity contribution in [1.82, 2.24) is 29.7 Å². The smallest absolute Gasteiger partial charge is 0.255 e. The first-order valence-corrected chi connectivity index (χ1v) is 6.25. The van der Waals surface area contributed by atoms with Gasteiger partial charge in [-0.15, -0.1) is 0 Å². The van der Waals surface area contributed by atoms with Gasteiger partial charge in [-0.2, -0.15) is 20.1 Å². The predicted octanol–water partition coefficient (Wildman–Crippen LogP) is 1.17. The molecule has 0 aliphatic rings. The van der Waals surface area contributed by atoms with E-state index < -0.39 is 0 Å². The highest BCUT2D eigenvalue weighted by molar-refractivity contribution is 5.60. The summed E-state index contributed by atoms with van der Waals surface area (Å²) in [6, 6.07) is 5.39. The normalized spacial score (nSPS) is 10.4. The van der Waals surface area contributed by atoms with E-state index in [0.29, 0.717) is 29.2 Å². The zero-order valence-electron chi connectivity index (χ0n) is 11.6. The van der Waals surface area contributed by atoms with Gasteiger partial charge < -0.3 is 10.1 Å². The van der Waals surface area contributed by atoms with Crippen molar-refractivity contribution in [3.8, 4) is 23.2 Å². The lowest BCUT2D eigenvalue weighted by molar-refractivity contribution is 0.414. The number of nitrogens with zero attached hydrogens (tertiary/aromatic N) is 6. The van der Waals surface area contributed by atoms with Gasteiger partial charge in [0.1, 0.15) is 11.4 Å². The van der Waals surface area contributed by atoms with E-state index in [1.165, 1.54) is 0 Å². The standard InChI is InChI=1S/C13H13N7O/c1-14-12-17-11(10-9(21-2)5-3-6-15-10)18-13(19-12)20-8-4-7-16-20/h3-8H,1-2H3,(H,14,17,18,19). The fourth-order valence-electron chi connectivity index (χ4n) is 1.80. The molecule has 0 unspecified atom stereocenters. The minimum absolute atomic E-state index is 0.405. The molecule has 8 nitrogen and oxygen atoms in total. The van der Waals surface area contributed by atoms with E-state index in [1.54, 1.807) is 55.6 Å². The summed E-state index contributed by atoms with van der Waals surface area (Å²) in [6.07, 6.45) is 5.08. The van der Waals surface area contributed by atoms with E-state index in [0.717, 1.165) is 0 Å². The number of hydrogen-bond acceptors (Lipinski definition) is 7. The number of pyridine rings is 1. The third kappa shape index (κ3) is 2.50. The largest absolute Gasteiger partial charge is 0.494 e. The first-order chi connectivity index (χ1) is 10.3. The van der Waals surface area contributed by atoms with E-state index in [-0.39, 0.29) is 0 Å². The molecule has 3 aromatic heterocycles. The lowest BCUT2D eigenvalue weighted by Gasteiger charge is -2.08. The second kappa shape index (κ2) is 5.53. The van der Waals surface area contributed by atoms with Crippen LogP contribution in [0.25, 0.3) is 17.5 Å². The van der Waals surface area contributed by atoms with E-state index in [1.807, 2.05) is 0 Å². The van der Waals surface area contributed by atoms with Crippen LogP contribution in [0.3, 0.4) is 0 Å². The molecular weight excluding hydrogens is 270 g/mol. The van der Waals surface area contributed by atoms with Crippen LogP contribution in [0.5, 0.6) is 5.75 Å². The first kappa shape index (κ1) is 13.0. The second-order valence-electron chi connectivity index (χ2n) is 4.04. The Morgan fingerprint density at radius 2 is 2.05 bits per heavy atom. The molecule has 3 rings (SSSR count). The fourth-order valence-corrected chi connectivity index (χ4v) is 1.80.